The molecule has 1 heterocycles. The molecule has 0 aliphatic carbocycles. The van der Waals surface area contributed by atoms with Crippen molar-refractivity contribution in [2.24, 2.45) is 5.73 Å². The molecule has 2 atom stereocenters. The Morgan fingerprint density at radius 2 is 2.00 bits per heavy atom. The van der Waals surface area contributed by atoms with E-state index in [9.17, 15) is 0 Å². The van der Waals surface area contributed by atoms with Gasteiger partial charge in [0.2, 0.25) is 0 Å². The van der Waals surface area contributed by atoms with Crippen LogP contribution in [-0.2, 0) is 0 Å². The second-order valence-electron chi connectivity index (χ2n) is 4.05. The standard InChI is InChI=1S/C12H16N4S/c1-8-3-5-10(6-4-8)11(13)9(2)17-12-14-7-15-16-12/h3-7,9,11H,13H2,1-2H3,(H,14,15,16). The molecule has 0 radical (unpaired) electrons. The van der Waals surface area contributed by atoms with E-state index in [-0.39, 0.29) is 11.3 Å². The number of rotatable bonds is 4. The van der Waals surface area contributed by atoms with Crippen LogP contribution in [0.3, 0.4) is 0 Å². The normalized spacial score (nSPS) is 14.5. The Morgan fingerprint density at radius 3 is 2.59 bits per heavy atom. The molecule has 2 aromatic rings. The molecule has 2 unspecified atom stereocenters. The fourth-order valence-electron chi connectivity index (χ4n) is 1.56. The maximum atomic E-state index is 6.22. The van der Waals surface area contributed by atoms with Crippen molar-refractivity contribution in [3.8, 4) is 0 Å². The summed E-state index contributed by atoms with van der Waals surface area (Å²) in [5.74, 6) is 0. The van der Waals surface area contributed by atoms with Crippen molar-refractivity contribution >= 4 is 11.8 Å². The monoisotopic (exact) mass is 248 g/mol. The molecule has 4 nitrogen and oxygen atoms in total. The Kier molecular flexibility index (Phi) is 3.81. The maximum Gasteiger partial charge on any atom is 0.183 e. The minimum atomic E-state index is -0.00861. The summed E-state index contributed by atoms with van der Waals surface area (Å²) in [5, 5.41) is 7.70. The summed E-state index contributed by atoms with van der Waals surface area (Å²) in [5.41, 5.74) is 8.62. The number of nitrogens with zero attached hydrogens (tertiary/aromatic N) is 2. The quantitative estimate of drug-likeness (QED) is 0.815. The third-order valence-corrected chi connectivity index (χ3v) is 3.74. The maximum absolute atomic E-state index is 6.22. The lowest BCUT2D eigenvalue weighted by Gasteiger charge is -2.18. The van der Waals surface area contributed by atoms with Gasteiger partial charge in [-0.25, -0.2) is 4.98 Å². The van der Waals surface area contributed by atoms with Gasteiger partial charge in [-0.15, -0.1) is 0 Å². The van der Waals surface area contributed by atoms with Crippen LogP contribution < -0.4 is 5.73 Å². The number of nitrogens with two attached hydrogens (primary N) is 1. The molecule has 0 saturated carbocycles. The Morgan fingerprint density at radius 1 is 1.29 bits per heavy atom. The first-order valence-corrected chi connectivity index (χ1v) is 6.39. The number of aryl methyl sites for hydroxylation is 1. The van der Waals surface area contributed by atoms with Crippen LogP contribution in [0.1, 0.15) is 24.1 Å². The largest absolute Gasteiger partial charge is 0.323 e. The lowest BCUT2D eigenvalue weighted by molar-refractivity contribution is 0.712. The van der Waals surface area contributed by atoms with Crippen molar-refractivity contribution in [1.82, 2.24) is 15.2 Å². The van der Waals surface area contributed by atoms with Crippen LogP contribution >= 0.6 is 11.8 Å². The fraction of sp³-hybridized carbons (Fsp3) is 0.333. The predicted molar refractivity (Wildman–Crippen MR) is 69.8 cm³/mol. The van der Waals surface area contributed by atoms with Gasteiger partial charge in [0.25, 0.3) is 0 Å². The summed E-state index contributed by atoms with van der Waals surface area (Å²) >= 11 is 1.60. The van der Waals surface area contributed by atoms with Gasteiger partial charge in [0.15, 0.2) is 5.16 Å². The van der Waals surface area contributed by atoms with Gasteiger partial charge in [-0.05, 0) is 12.5 Å². The molecule has 0 spiro atoms. The summed E-state index contributed by atoms with van der Waals surface area (Å²) < 4.78 is 0. The van der Waals surface area contributed by atoms with Crippen molar-refractivity contribution in [2.75, 3.05) is 0 Å². The number of aromatic nitrogens is 3. The molecule has 0 amide bonds. The molecule has 0 fully saturated rings. The van der Waals surface area contributed by atoms with Gasteiger partial charge >= 0.3 is 0 Å². The molecule has 3 N–H and O–H groups in total. The van der Waals surface area contributed by atoms with Crippen LogP contribution in [0.2, 0.25) is 0 Å². The lowest BCUT2D eigenvalue weighted by atomic mass is 10.0. The molecule has 5 heteroatoms. The fourth-order valence-corrected chi connectivity index (χ4v) is 2.43. The van der Waals surface area contributed by atoms with Crippen LogP contribution in [0, 0.1) is 6.92 Å². The first-order valence-electron chi connectivity index (χ1n) is 5.51. The number of thioether (sulfide) groups is 1. The molecule has 1 aromatic heterocycles. The first-order chi connectivity index (χ1) is 8.16. The van der Waals surface area contributed by atoms with E-state index >= 15 is 0 Å². The summed E-state index contributed by atoms with van der Waals surface area (Å²) in [6.45, 7) is 4.17. The van der Waals surface area contributed by atoms with Gasteiger partial charge < -0.3 is 5.73 Å². The van der Waals surface area contributed by atoms with Gasteiger partial charge in [0, 0.05) is 11.3 Å². The lowest BCUT2D eigenvalue weighted by Crippen LogP contribution is -2.21. The van der Waals surface area contributed by atoms with E-state index in [2.05, 4.69) is 53.3 Å². The van der Waals surface area contributed by atoms with Crippen molar-refractivity contribution in [3.63, 3.8) is 0 Å². The zero-order valence-corrected chi connectivity index (χ0v) is 10.7. The minimum Gasteiger partial charge on any atom is -0.323 e. The SMILES string of the molecule is Cc1ccc(C(N)C(C)Sc2ncn[nH]2)cc1. The van der Waals surface area contributed by atoms with Gasteiger partial charge in [0.1, 0.15) is 6.33 Å². The van der Waals surface area contributed by atoms with Gasteiger partial charge in [-0.1, -0.05) is 48.5 Å². The smallest absolute Gasteiger partial charge is 0.183 e. The molecule has 90 valence electrons. The number of nitrogens with one attached hydrogen (secondary N) is 1. The highest BCUT2D eigenvalue weighted by Gasteiger charge is 2.17. The van der Waals surface area contributed by atoms with Crippen molar-refractivity contribution in [3.05, 3.63) is 41.7 Å². The number of hydrogen-bond donors (Lipinski definition) is 2. The predicted octanol–water partition coefficient (Wildman–Crippen LogP) is 2.29. The summed E-state index contributed by atoms with van der Waals surface area (Å²) in [7, 11) is 0. The Hall–Kier alpha value is -1.33. The van der Waals surface area contributed by atoms with E-state index in [1.54, 1.807) is 11.8 Å². The van der Waals surface area contributed by atoms with Gasteiger partial charge in [0.05, 0.1) is 0 Å². The van der Waals surface area contributed by atoms with Crippen molar-refractivity contribution < 1.29 is 0 Å². The van der Waals surface area contributed by atoms with Crippen LogP contribution in [-0.4, -0.2) is 20.4 Å². The summed E-state index contributed by atoms with van der Waals surface area (Å²) in [6, 6.07) is 8.32. The molecule has 0 saturated heterocycles. The Labute approximate surface area is 105 Å². The molecule has 2 rings (SSSR count). The number of aromatic amines is 1. The highest BCUT2D eigenvalue weighted by Crippen LogP contribution is 2.28. The van der Waals surface area contributed by atoms with E-state index in [4.69, 9.17) is 5.73 Å². The second-order valence-corrected chi connectivity index (χ2v) is 5.42. The average molecular weight is 248 g/mol. The zero-order valence-electron chi connectivity index (χ0n) is 9.92. The highest BCUT2D eigenvalue weighted by molar-refractivity contribution is 7.99. The van der Waals surface area contributed by atoms with Gasteiger partial charge in [-0.3, -0.25) is 5.10 Å². The molecule has 17 heavy (non-hydrogen) atoms. The van der Waals surface area contributed by atoms with Crippen LogP contribution in [0.25, 0.3) is 0 Å². The number of benzene rings is 1. The van der Waals surface area contributed by atoms with E-state index in [0.29, 0.717) is 0 Å². The van der Waals surface area contributed by atoms with E-state index < -0.39 is 0 Å². The third kappa shape index (κ3) is 3.08. The van der Waals surface area contributed by atoms with Crippen molar-refractivity contribution in [1.29, 1.82) is 0 Å². The molecular formula is C12H16N4S. The van der Waals surface area contributed by atoms with Crippen LogP contribution in [0.15, 0.2) is 35.7 Å². The van der Waals surface area contributed by atoms with Crippen molar-refractivity contribution in [2.45, 2.75) is 30.3 Å². The molecule has 0 aliphatic rings. The first kappa shape index (κ1) is 12.1. The number of hydrogen-bond acceptors (Lipinski definition) is 4. The highest BCUT2D eigenvalue weighted by atomic mass is 32.2. The molecule has 1 aromatic carbocycles. The summed E-state index contributed by atoms with van der Waals surface area (Å²) in [6.07, 6.45) is 1.51. The van der Waals surface area contributed by atoms with E-state index in [0.717, 1.165) is 10.7 Å². The Balaban J connectivity index is 2.04. The van der Waals surface area contributed by atoms with E-state index in [1.807, 2.05) is 0 Å². The molecule has 0 aliphatic heterocycles. The van der Waals surface area contributed by atoms with E-state index in [1.165, 1.54) is 11.9 Å². The number of H-pyrrole nitrogens is 1. The third-order valence-electron chi connectivity index (χ3n) is 2.66. The molecule has 0 bridgehead atoms. The minimum absolute atomic E-state index is 0.00861. The average Bonchev–Trinajstić information content (AvgIpc) is 2.82. The van der Waals surface area contributed by atoms with Crippen LogP contribution in [0.4, 0.5) is 0 Å². The zero-order chi connectivity index (χ0) is 12.3. The molecular weight excluding hydrogens is 232 g/mol. The second kappa shape index (κ2) is 5.33. The summed E-state index contributed by atoms with van der Waals surface area (Å²) in [4.78, 5) is 4.09. The Bertz CT molecular complexity index is 452. The van der Waals surface area contributed by atoms with Crippen LogP contribution in [0.5, 0.6) is 0 Å². The van der Waals surface area contributed by atoms with Gasteiger partial charge in [-0.2, -0.15) is 5.10 Å². The topological polar surface area (TPSA) is 67.6 Å².